The summed E-state index contributed by atoms with van der Waals surface area (Å²) in [5, 5.41) is 4.92. The number of hydrogen-bond acceptors (Lipinski definition) is 5. The van der Waals surface area contributed by atoms with Crippen molar-refractivity contribution in [3.8, 4) is 0 Å². The second-order valence-electron chi connectivity index (χ2n) is 6.30. The lowest BCUT2D eigenvalue weighted by molar-refractivity contribution is -0.138. The van der Waals surface area contributed by atoms with Crippen molar-refractivity contribution >= 4 is 52.9 Å². The monoisotopic (exact) mass is 472 g/mol. The predicted molar refractivity (Wildman–Crippen MR) is 107 cm³/mol. The molecule has 12 heteroatoms. The third kappa shape index (κ3) is 5.33. The molecule has 0 aliphatic carbocycles. The van der Waals surface area contributed by atoms with E-state index in [1.165, 1.54) is 6.08 Å². The van der Waals surface area contributed by atoms with Crippen molar-refractivity contribution in [2.75, 3.05) is 18.4 Å². The molecule has 0 saturated carbocycles. The minimum Gasteiger partial charge on any atom is -0.367 e. The molecule has 1 fully saturated rings. The second-order valence-corrected chi connectivity index (χ2v) is 7.15. The predicted octanol–water partition coefficient (Wildman–Crippen LogP) is 3.98. The number of alkyl halides is 3. The summed E-state index contributed by atoms with van der Waals surface area (Å²) in [6.45, 7) is -0.269. The Morgan fingerprint density at radius 1 is 1.13 bits per heavy atom. The Bertz CT molecular complexity index is 1070. The van der Waals surface area contributed by atoms with Crippen LogP contribution in [0.3, 0.4) is 0 Å². The average Bonchev–Trinajstić information content (AvgIpc) is 2.69. The normalized spacial score (nSPS) is 16.0. The first-order valence-corrected chi connectivity index (χ1v) is 9.43. The summed E-state index contributed by atoms with van der Waals surface area (Å²) >= 11 is 11.6. The van der Waals surface area contributed by atoms with Gasteiger partial charge in [-0.2, -0.15) is 13.2 Å². The lowest BCUT2D eigenvalue weighted by Gasteiger charge is -2.26. The van der Waals surface area contributed by atoms with Gasteiger partial charge < -0.3 is 5.32 Å². The van der Waals surface area contributed by atoms with Gasteiger partial charge in [0.25, 0.3) is 11.8 Å². The maximum Gasteiger partial charge on any atom is 0.417 e. The number of nitrogens with one attached hydrogen (secondary N) is 2. The molecule has 0 spiro atoms. The Balaban J connectivity index is 1.69. The van der Waals surface area contributed by atoms with Crippen molar-refractivity contribution in [2.45, 2.75) is 6.18 Å². The van der Waals surface area contributed by atoms with E-state index in [0.29, 0.717) is 22.8 Å². The van der Waals surface area contributed by atoms with E-state index in [1.54, 1.807) is 24.3 Å². The van der Waals surface area contributed by atoms with E-state index in [1.807, 2.05) is 0 Å². The van der Waals surface area contributed by atoms with Gasteiger partial charge in [-0.15, -0.1) is 0 Å². The molecule has 31 heavy (non-hydrogen) atoms. The zero-order valence-corrected chi connectivity index (χ0v) is 17.0. The Morgan fingerprint density at radius 3 is 2.42 bits per heavy atom. The van der Waals surface area contributed by atoms with Crippen LogP contribution in [0.25, 0.3) is 6.08 Å². The Morgan fingerprint density at radius 2 is 1.81 bits per heavy atom. The van der Waals surface area contributed by atoms with E-state index in [2.05, 4.69) is 15.6 Å². The molecule has 1 aliphatic heterocycles. The summed E-state index contributed by atoms with van der Waals surface area (Å²) in [7, 11) is 0. The van der Waals surface area contributed by atoms with Crippen molar-refractivity contribution in [2.24, 2.45) is 0 Å². The molecular weight excluding hydrogens is 460 g/mol. The van der Waals surface area contributed by atoms with Gasteiger partial charge in [0.15, 0.2) is 0 Å². The van der Waals surface area contributed by atoms with Crippen molar-refractivity contribution < 1.29 is 27.6 Å². The highest BCUT2D eigenvalue weighted by atomic mass is 35.5. The van der Waals surface area contributed by atoms with E-state index >= 15 is 0 Å². The maximum absolute atomic E-state index is 12.7. The van der Waals surface area contributed by atoms with Crippen LogP contribution in [-0.2, 0) is 15.8 Å². The number of amides is 4. The van der Waals surface area contributed by atoms with E-state index in [0.717, 1.165) is 4.90 Å². The van der Waals surface area contributed by atoms with Crippen LogP contribution in [0, 0.1) is 0 Å². The van der Waals surface area contributed by atoms with Crippen molar-refractivity contribution in [3.05, 3.63) is 63.3 Å². The number of urea groups is 1. The number of hydrogen-bond donors (Lipinski definition) is 2. The summed E-state index contributed by atoms with van der Waals surface area (Å²) in [6, 6.07) is 6.13. The standard InChI is InChI=1S/C19H13Cl2F3N4O3/c20-12-3-1-10(2-4-12)7-13-16(29)27-18(31)28(17(13)30)6-5-25-15-14(21)8-11(9-26-15)19(22,23)24/h1-4,7-9H,5-6H2,(H,25,26)(H,27,29,31)/b13-7+. The maximum atomic E-state index is 12.7. The number of nitrogens with zero attached hydrogens (tertiary/aromatic N) is 2. The zero-order valence-electron chi connectivity index (χ0n) is 15.5. The molecule has 7 nitrogen and oxygen atoms in total. The topological polar surface area (TPSA) is 91.4 Å². The number of rotatable bonds is 5. The molecular formula is C19H13Cl2F3N4O3. The van der Waals surface area contributed by atoms with Crippen LogP contribution < -0.4 is 10.6 Å². The van der Waals surface area contributed by atoms with Crippen LogP contribution in [0.4, 0.5) is 23.8 Å². The van der Waals surface area contributed by atoms with E-state index in [9.17, 15) is 27.6 Å². The second kappa shape index (κ2) is 8.94. The van der Waals surface area contributed by atoms with Crippen LogP contribution >= 0.6 is 23.2 Å². The van der Waals surface area contributed by atoms with Crippen LogP contribution in [0.5, 0.6) is 0 Å². The smallest absolute Gasteiger partial charge is 0.367 e. The first-order valence-electron chi connectivity index (χ1n) is 8.67. The molecule has 2 aromatic rings. The number of pyridine rings is 1. The molecule has 0 atom stereocenters. The van der Waals surface area contributed by atoms with E-state index in [-0.39, 0.29) is 29.5 Å². The molecule has 1 aromatic carbocycles. The van der Waals surface area contributed by atoms with Crippen molar-refractivity contribution in [1.82, 2.24) is 15.2 Å². The molecule has 1 aliphatic rings. The Hall–Kier alpha value is -3.11. The summed E-state index contributed by atoms with van der Waals surface area (Å²) < 4.78 is 38.0. The summed E-state index contributed by atoms with van der Waals surface area (Å²) in [5.74, 6) is -1.72. The van der Waals surface area contributed by atoms with Crippen LogP contribution in [-0.4, -0.2) is 40.8 Å². The van der Waals surface area contributed by atoms with E-state index in [4.69, 9.17) is 23.2 Å². The number of halogens is 5. The fourth-order valence-electron chi connectivity index (χ4n) is 2.63. The Kier molecular flexibility index (Phi) is 6.51. The third-order valence-corrected chi connectivity index (χ3v) is 4.70. The Labute approximate surface area is 183 Å². The van der Waals surface area contributed by atoms with Crippen LogP contribution in [0.15, 0.2) is 42.1 Å². The largest absolute Gasteiger partial charge is 0.417 e. The first-order chi connectivity index (χ1) is 14.6. The zero-order chi connectivity index (χ0) is 22.8. The highest BCUT2D eigenvalue weighted by Crippen LogP contribution is 2.32. The van der Waals surface area contributed by atoms with Gasteiger partial charge in [-0.1, -0.05) is 35.3 Å². The molecule has 2 heterocycles. The van der Waals surface area contributed by atoms with Gasteiger partial charge in [0, 0.05) is 24.3 Å². The molecule has 0 bridgehead atoms. The quantitative estimate of drug-likeness (QED) is 0.507. The van der Waals surface area contributed by atoms with Gasteiger partial charge in [-0.25, -0.2) is 9.78 Å². The highest BCUT2D eigenvalue weighted by molar-refractivity contribution is 6.33. The first kappa shape index (κ1) is 22.6. The minimum atomic E-state index is -4.59. The van der Waals surface area contributed by atoms with Gasteiger partial charge in [-0.3, -0.25) is 19.8 Å². The summed E-state index contributed by atoms with van der Waals surface area (Å²) in [5.41, 5.74) is -0.743. The third-order valence-electron chi connectivity index (χ3n) is 4.16. The molecule has 1 saturated heterocycles. The fourth-order valence-corrected chi connectivity index (χ4v) is 2.99. The number of anilines is 1. The van der Waals surface area contributed by atoms with Crippen LogP contribution in [0.2, 0.25) is 10.0 Å². The molecule has 0 radical (unpaired) electrons. The molecule has 3 rings (SSSR count). The number of aromatic nitrogens is 1. The number of barbiturate groups is 1. The summed E-state index contributed by atoms with van der Waals surface area (Å²) in [4.78, 5) is 41.2. The molecule has 162 valence electrons. The fraction of sp³-hybridized carbons (Fsp3) is 0.158. The molecule has 2 N–H and O–H groups in total. The minimum absolute atomic E-state index is 0.0486. The lowest BCUT2D eigenvalue weighted by atomic mass is 10.1. The molecule has 4 amide bonds. The SMILES string of the molecule is O=C1NC(=O)N(CCNc2ncc(C(F)(F)F)cc2Cl)C(=O)/C1=C/c1ccc(Cl)cc1. The van der Waals surface area contributed by atoms with Crippen LogP contribution in [0.1, 0.15) is 11.1 Å². The highest BCUT2D eigenvalue weighted by Gasteiger charge is 2.35. The number of imide groups is 2. The van der Waals surface area contributed by atoms with Gasteiger partial charge in [0.2, 0.25) is 0 Å². The van der Waals surface area contributed by atoms with Gasteiger partial charge in [0.1, 0.15) is 11.4 Å². The van der Waals surface area contributed by atoms with Gasteiger partial charge in [-0.05, 0) is 29.8 Å². The van der Waals surface area contributed by atoms with Gasteiger partial charge in [0.05, 0.1) is 10.6 Å². The number of benzene rings is 1. The number of carbonyl (C=O) groups is 3. The summed E-state index contributed by atoms with van der Waals surface area (Å²) in [6.07, 6.45) is -2.67. The van der Waals surface area contributed by atoms with E-state index < -0.39 is 29.6 Å². The van der Waals surface area contributed by atoms with Crippen molar-refractivity contribution in [3.63, 3.8) is 0 Å². The molecule has 0 unspecified atom stereocenters. The lowest BCUT2D eigenvalue weighted by Crippen LogP contribution is -2.55. The number of carbonyl (C=O) groups excluding carboxylic acids is 3. The van der Waals surface area contributed by atoms with Gasteiger partial charge >= 0.3 is 12.2 Å². The van der Waals surface area contributed by atoms with Crippen molar-refractivity contribution in [1.29, 1.82) is 0 Å². The average molecular weight is 473 g/mol. The molecule has 1 aromatic heterocycles.